The van der Waals surface area contributed by atoms with E-state index in [4.69, 9.17) is 9.47 Å². The van der Waals surface area contributed by atoms with Crippen LogP contribution >= 0.6 is 0 Å². The maximum atomic E-state index is 12.4. The first kappa shape index (κ1) is 19.6. The van der Waals surface area contributed by atoms with Crippen molar-refractivity contribution in [1.82, 2.24) is 0 Å². The number of carbonyl (C=O) groups excluding carboxylic acids is 1. The lowest BCUT2D eigenvalue weighted by Gasteiger charge is -2.15. The van der Waals surface area contributed by atoms with Crippen LogP contribution < -0.4 is 20.1 Å². The summed E-state index contributed by atoms with van der Waals surface area (Å²) in [6, 6.07) is 11.8. The monoisotopic (exact) mass is 356 g/mol. The van der Waals surface area contributed by atoms with Crippen molar-refractivity contribution in [3.63, 3.8) is 0 Å². The molecular formula is C21H28N2O3. The SMILES string of the molecule is CCc1cccc(CC)c1NC(=O)CCNc1ccc(OC)c(OC)c1. The van der Waals surface area contributed by atoms with Crippen LogP contribution in [0.15, 0.2) is 36.4 Å². The van der Waals surface area contributed by atoms with Crippen LogP contribution in [0, 0.1) is 0 Å². The number of nitrogens with one attached hydrogen (secondary N) is 2. The van der Waals surface area contributed by atoms with Gasteiger partial charge in [0.25, 0.3) is 0 Å². The van der Waals surface area contributed by atoms with Crippen LogP contribution in [0.2, 0.25) is 0 Å². The van der Waals surface area contributed by atoms with Crippen molar-refractivity contribution >= 4 is 17.3 Å². The molecule has 1 amide bonds. The van der Waals surface area contributed by atoms with Gasteiger partial charge in [-0.2, -0.15) is 0 Å². The summed E-state index contributed by atoms with van der Waals surface area (Å²) in [5, 5.41) is 6.33. The normalized spacial score (nSPS) is 10.3. The number of methoxy groups -OCH3 is 2. The molecule has 0 radical (unpaired) electrons. The first-order valence-corrected chi connectivity index (χ1v) is 8.99. The van der Waals surface area contributed by atoms with Gasteiger partial charge in [0.05, 0.1) is 14.2 Å². The Hall–Kier alpha value is -2.69. The number of anilines is 2. The van der Waals surface area contributed by atoms with E-state index in [2.05, 4.69) is 36.6 Å². The molecule has 0 saturated heterocycles. The largest absolute Gasteiger partial charge is 0.493 e. The number of benzene rings is 2. The number of para-hydroxylation sites is 1. The molecule has 2 aromatic carbocycles. The summed E-state index contributed by atoms with van der Waals surface area (Å²) in [5.41, 5.74) is 4.20. The highest BCUT2D eigenvalue weighted by Crippen LogP contribution is 2.29. The Bertz CT molecular complexity index is 722. The van der Waals surface area contributed by atoms with Crippen molar-refractivity contribution in [2.75, 3.05) is 31.4 Å². The summed E-state index contributed by atoms with van der Waals surface area (Å²) < 4.78 is 10.5. The molecule has 0 aromatic heterocycles. The van der Waals surface area contributed by atoms with E-state index >= 15 is 0 Å². The average Bonchev–Trinajstić information content (AvgIpc) is 2.67. The van der Waals surface area contributed by atoms with Gasteiger partial charge in [-0.25, -0.2) is 0 Å². The van der Waals surface area contributed by atoms with Gasteiger partial charge in [-0.1, -0.05) is 32.0 Å². The summed E-state index contributed by atoms with van der Waals surface area (Å²) >= 11 is 0. The molecule has 140 valence electrons. The van der Waals surface area contributed by atoms with Gasteiger partial charge >= 0.3 is 0 Å². The third-order valence-electron chi connectivity index (χ3n) is 4.33. The van der Waals surface area contributed by atoms with Gasteiger partial charge < -0.3 is 20.1 Å². The molecule has 0 aliphatic carbocycles. The van der Waals surface area contributed by atoms with E-state index in [1.165, 1.54) is 11.1 Å². The van der Waals surface area contributed by atoms with Gasteiger partial charge in [-0.15, -0.1) is 0 Å². The van der Waals surface area contributed by atoms with E-state index in [9.17, 15) is 4.79 Å². The van der Waals surface area contributed by atoms with Crippen molar-refractivity contribution in [2.45, 2.75) is 33.1 Å². The molecule has 5 nitrogen and oxygen atoms in total. The Balaban J connectivity index is 1.94. The Labute approximate surface area is 155 Å². The highest BCUT2D eigenvalue weighted by Gasteiger charge is 2.10. The minimum atomic E-state index is 0.00794. The molecule has 0 saturated carbocycles. The van der Waals surface area contributed by atoms with Gasteiger partial charge in [-0.05, 0) is 36.1 Å². The number of rotatable bonds is 9. The van der Waals surface area contributed by atoms with E-state index in [1.54, 1.807) is 14.2 Å². The smallest absolute Gasteiger partial charge is 0.226 e. The van der Waals surface area contributed by atoms with Crippen molar-refractivity contribution in [2.24, 2.45) is 0 Å². The van der Waals surface area contributed by atoms with Crippen LogP contribution in [0.5, 0.6) is 11.5 Å². The van der Waals surface area contributed by atoms with Gasteiger partial charge in [0.15, 0.2) is 11.5 Å². The quantitative estimate of drug-likeness (QED) is 0.704. The molecule has 0 fully saturated rings. The lowest BCUT2D eigenvalue weighted by molar-refractivity contribution is -0.115. The van der Waals surface area contributed by atoms with Crippen molar-refractivity contribution in [3.8, 4) is 11.5 Å². The summed E-state index contributed by atoms with van der Waals surface area (Å²) in [6.45, 7) is 4.74. The van der Waals surface area contributed by atoms with Crippen LogP contribution in [-0.4, -0.2) is 26.7 Å². The molecule has 26 heavy (non-hydrogen) atoms. The molecule has 0 unspecified atom stereocenters. The highest BCUT2D eigenvalue weighted by molar-refractivity contribution is 5.92. The van der Waals surface area contributed by atoms with Crippen LogP contribution in [0.4, 0.5) is 11.4 Å². The number of hydrogen-bond donors (Lipinski definition) is 2. The average molecular weight is 356 g/mol. The van der Waals surface area contributed by atoms with Crippen LogP contribution in [0.25, 0.3) is 0 Å². The molecule has 2 N–H and O–H groups in total. The standard InChI is InChI=1S/C21H28N2O3/c1-5-15-8-7-9-16(6-2)21(15)23-20(24)12-13-22-17-10-11-18(25-3)19(14-17)26-4/h7-11,14,22H,5-6,12-13H2,1-4H3,(H,23,24). The predicted molar refractivity (Wildman–Crippen MR) is 106 cm³/mol. The van der Waals surface area contributed by atoms with Gasteiger partial charge in [0.2, 0.25) is 5.91 Å². The Morgan fingerprint density at radius 1 is 0.962 bits per heavy atom. The van der Waals surface area contributed by atoms with Gasteiger partial charge in [-0.3, -0.25) is 4.79 Å². The molecule has 5 heteroatoms. The van der Waals surface area contributed by atoms with Crippen LogP contribution in [-0.2, 0) is 17.6 Å². The zero-order valence-electron chi connectivity index (χ0n) is 16.0. The molecule has 0 bridgehead atoms. The number of hydrogen-bond acceptors (Lipinski definition) is 4. The molecule has 0 atom stereocenters. The van der Waals surface area contributed by atoms with E-state index in [0.717, 1.165) is 24.2 Å². The topological polar surface area (TPSA) is 59.6 Å². The molecule has 2 rings (SSSR count). The summed E-state index contributed by atoms with van der Waals surface area (Å²) in [4.78, 5) is 12.4. The third-order valence-corrected chi connectivity index (χ3v) is 4.33. The van der Waals surface area contributed by atoms with Gasteiger partial charge in [0.1, 0.15) is 0 Å². The van der Waals surface area contributed by atoms with Gasteiger partial charge in [0, 0.05) is 30.4 Å². The number of carbonyl (C=O) groups is 1. The number of amides is 1. The molecule has 2 aromatic rings. The first-order valence-electron chi connectivity index (χ1n) is 8.99. The fourth-order valence-corrected chi connectivity index (χ4v) is 2.87. The molecular weight excluding hydrogens is 328 g/mol. The van der Waals surface area contributed by atoms with Crippen LogP contribution in [0.3, 0.4) is 0 Å². The summed E-state index contributed by atoms with van der Waals surface area (Å²) in [7, 11) is 3.21. The minimum Gasteiger partial charge on any atom is -0.493 e. The number of ether oxygens (including phenoxy) is 2. The fraction of sp³-hybridized carbons (Fsp3) is 0.381. The first-order chi connectivity index (χ1) is 12.6. The third kappa shape index (κ3) is 4.91. The molecule has 0 aliphatic rings. The minimum absolute atomic E-state index is 0.00794. The summed E-state index contributed by atoms with van der Waals surface area (Å²) in [5.74, 6) is 1.35. The van der Waals surface area contributed by atoms with Crippen molar-refractivity contribution in [1.29, 1.82) is 0 Å². The highest BCUT2D eigenvalue weighted by atomic mass is 16.5. The van der Waals surface area contributed by atoms with E-state index in [-0.39, 0.29) is 5.91 Å². The second-order valence-electron chi connectivity index (χ2n) is 5.95. The van der Waals surface area contributed by atoms with Crippen LogP contribution in [0.1, 0.15) is 31.4 Å². The Kier molecular flexibility index (Phi) is 7.33. The maximum Gasteiger partial charge on any atom is 0.226 e. The zero-order valence-corrected chi connectivity index (χ0v) is 16.0. The van der Waals surface area contributed by atoms with Crippen molar-refractivity contribution < 1.29 is 14.3 Å². The van der Waals surface area contributed by atoms with E-state index in [0.29, 0.717) is 24.5 Å². The lowest BCUT2D eigenvalue weighted by atomic mass is 10.0. The Morgan fingerprint density at radius 2 is 1.62 bits per heavy atom. The second kappa shape index (κ2) is 9.70. The van der Waals surface area contributed by atoms with E-state index in [1.807, 2.05) is 24.3 Å². The molecule has 0 spiro atoms. The summed E-state index contributed by atoms with van der Waals surface area (Å²) in [6.07, 6.45) is 2.18. The Morgan fingerprint density at radius 3 is 2.19 bits per heavy atom. The maximum absolute atomic E-state index is 12.4. The molecule has 0 aliphatic heterocycles. The predicted octanol–water partition coefficient (Wildman–Crippen LogP) is 4.27. The number of aryl methyl sites for hydroxylation is 2. The second-order valence-corrected chi connectivity index (χ2v) is 5.95. The fourth-order valence-electron chi connectivity index (χ4n) is 2.87. The zero-order chi connectivity index (χ0) is 18.9. The van der Waals surface area contributed by atoms with Crippen molar-refractivity contribution in [3.05, 3.63) is 47.5 Å². The molecule has 0 heterocycles. The van der Waals surface area contributed by atoms with E-state index < -0.39 is 0 Å². The lowest BCUT2D eigenvalue weighted by Crippen LogP contribution is -2.18.